The maximum atomic E-state index is 14.3. The van der Waals surface area contributed by atoms with Gasteiger partial charge in [0.25, 0.3) is 11.5 Å². The third-order valence-corrected chi connectivity index (χ3v) is 7.02. The van der Waals surface area contributed by atoms with Gasteiger partial charge in [0.1, 0.15) is 28.0 Å². The van der Waals surface area contributed by atoms with Gasteiger partial charge in [0, 0.05) is 11.6 Å². The number of thiazole rings is 1. The quantitative estimate of drug-likeness (QED) is 0.325. The van der Waals surface area contributed by atoms with Gasteiger partial charge in [-0.3, -0.25) is 14.2 Å². The number of para-hydroxylation sites is 3. The molecule has 0 unspecified atom stereocenters. The summed E-state index contributed by atoms with van der Waals surface area (Å²) < 4.78 is 37.8. The summed E-state index contributed by atoms with van der Waals surface area (Å²) in [6.45, 7) is 2.11. The highest BCUT2D eigenvalue weighted by Gasteiger charge is 2.20. The van der Waals surface area contributed by atoms with Gasteiger partial charge in [0.15, 0.2) is 17.1 Å². The SMILES string of the molecule is CCOc1ccccc1-n1c(=O)/c(=C/c2cc(OC)c(OC)cc2OC)s/c1=C(/C#N)C(=O)Nc1ccccc1F. The first-order chi connectivity index (χ1) is 19.9. The predicted molar refractivity (Wildman–Crippen MR) is 154 cm³/mol. The summed E-state index contributed by atoms with van der Waals surface area (Å²) in [6, 6.07) is 17.5. The minimum atomic E-state index is -0.878. The third kappa shape index (κ3) is 5.92. The summed E-state index contributed by atoms with van der Waals surface area (Å²) >= 11 is 0.919. The zero-order valence-electron chi connectivity index (χ0n) is 22.7. The number of rotatable bonds is 9. The van der Waals surface area contributed by atoms with Crippen molar-refractivity contribution in [2.24, 2.45) is 0 Å². The number of benzene rings is 3. The number of anilines is 1. The van der Waals surface area contributed by atoms with E-state index in [-0.39, 0.29) is 20.5 Å². The number of nitrogens with one attached hydrogen (secondary N) is 1. The van der Waals surface area contributed by atoms with Gasteiger partial charge in [-0.25, -0.2) is 4.39 Å². The Bertz CT molecular complexity index is 1820. The maximum absolute atomic E-state index is 14.3. The molecule has 1 heterocycles. The summed E-state index contributed by atoms with van der Waals surface area (Å²) in [5.74, 6) is 0.0705. The molecule has 0 aliphatic rings. The average molecular weight is 576 g/mol. The normalized spacial score (nSPS) is 11.9. The van der Waals surface area contributed by atoms with E-state index in [0.29, 0.717) is 40.9 Å². The van der Waals surface area contributed by atoms with Crippen molar-refractivity contribution in [3.05, 3.63) is 91.6 Å². The minimum Gasteiger partial charge on any atom is -0.496 e. The van der Waals surface area contributed by atoms with Crippen molar-refractivity contribution in [3.8, 4) is 34.8 Å². The van der Waals surface area contributed by atoms with Gasteiger partial charge in [-0.1, -0.05) is 24.3 Å². The molecule has 3 aromatic carbocycles. The first-order valence-electron chi connectivity index (χ1n) is 12.3. The van der Waals surface area contributed by atoms with Crippen LogP contribution >= 0.6 is 11.3 Å². The molecule has 0 fully saturated rings. The van der Waals surface area contributed by atoms with Crippen molar-refractivity contribution in [1.29, 1.82) is 5.26 Å². The molecule has 4 rings (SSSR count). The summed E-state index contributed by atoms with van der Waals surface area (Å²) in [7, 11) is 4.45. The Morgan fingerprint density at radius 1 is 1.00 bits per heavy atom. The van der Waals surface area contributed by atoms with Gasteiger partial charge in [0.2, 0.25) is 0 Å². The van der Waals surface area contributed by atoms with Crippen molar-refractivity contribution in [1.82, 2.24) is 4.57 Å². The predicted octanol–water partition coefficient (Wildman–Crippen LogP) is 3.60. The van der Waals surface area contributed by atoms with E-state index in [1.54, 1.807) is 55.5 Å². The molecule has 0 spiro atoms. The van der Waals surface area contributed by atoms with Crippen LogP contribution in [0.1, 0.15) is 12.5 Å². The molecular formula is C30H26FN3O6S. The zero-order chi connectivity index (χ0) is 29.5. The highest BCUT2D eigenvalue weighted by molar-refractivity contribution is 7.07. The van der Waals surface area contributed by atoms with Crippen LogP contribution in [-0.4, -0.2) is 38.4 Å². The lowest BCUT2D eigenvalue weighted by molar-refractivity contribution is -0.111. The molecular weight excluding hydrogens is 549 g/mol. The van der Waals surface area contributed by atoms with Crippen LogP contribution in [0.5, 0.6) is 23.0 Å². The first kappa shape index (κ1) is 28.9. The minimum absolute atomic E-state index is 0.0317. The lowest BCUT2D eigenvalue weighted by atomic mass is 10.1. The van der Waals surface area contributed by atoms with Crippen LogP contribution in [0, 0.1) is 17.1 Å². The van der Waals surface area contributed by atoms with Crippen LogP contribution < -0.4 is 39.0 Å². The molecule has 0 aliphatic carbocycles. The van der Waals surface area contributed by atoms with Crippen LogP contribution in [0.25, 0.3) is 17.3 Å². The molecule has 0 saturated carbocycles. The van der Waals surface area contributed by atoms with Crippen molar-refractivity contribution in [3.63, 3.8) is 0 Å². The number of hydrogen-bond acceptors (Lipinski definition) is 8. The third-order valence-electron chi connectivity index (χ3n) is 5.93. The second-order valence-electron chi connectivity index (χ2n) is 8.33. The Labute approximate surface area is 238 Å². The van der Waals surface area contributed by atoms with Gasteiger partial charge in [-0.2, -0.15) is 5.26 Å². The van der Waals surface area contributed by atoms with E-state index < -0.39 is 17.3 Å². The number of carbonyl (C=O) groups excluding carboxylic acids is 1. The second kappa shape index (κ2) is 12.8. The molecule has 1 aromatic heterocycles. The fourth-order valence-electron chi connectivity index (χ4n) is 4.04. The molecule has 11 heteroatoms. The van der Waals surface area contributed by atoms with E-state index in [9.17, 15) is 19.2 Å². The molecule has 0 aliphatic heterocycles. The molecule has 1 N–H and O–H groups in total. The fraction of sp³-hybridized carbons (Fsp3) is 0.167. The molecule has 4 aromatic rings. The maximum Gasteiger partial charge on any atom is 0.273 e. The number of hydrogen-bond donors (Lipinski definition) is 1. The molecule has 41 heavy (non-hydrogen) atoms. The van der Waals surface area contributed by atoms with Gasteiger partial charge >= 0.3 is 0 Å². The van der Waals surface area contributed by atoms with E-state index in [2.05, 4.69) is 5.32 Å². The zero-order valence-corrected chi connectivity index (χ0v) is 23.5. The van der Waals surface area contributed by atoms with Crippen molar-refractivity contribution >= 4 is 34.6 Å². The van der Waals surface area contributed by atoms with Gasteiger partial charge < -0.3 is 24.3 Å². The van der Waals surface area contributed by atoms with E-state index in [0.717, 1.165) is 11.3 Å². The number of aromatic nitrogens is 1. The van der Waals surface area contributed by atoms with Crippen LogP contribution in [0.2, 0.25) is 0 Å². The van der Waals surface area contributed by atoms with Crippen molar-refractivity contribution in [2.75, 3.05) is 33.3 Å². The second-order valence-corrected chi connectivity index (χ2v) is 9.36. The van der Waals surface area contributed by atoms with E-state index >= 15 is 0 Å². The molecule has 1 amide bonds. The van der Waals surface area contributed by atoms with Crippen molar-refractivity contribution < 1.29 is 28.1 Å². The highest BCUT2D eigenvalue weighted by atomic mass is 32.1. The molecule has 210 valence electrons. The average Bonchev–Trinajstić information content (AvgIpc) is 3.29. The summed E-state index contributed by atoms with van der Waals surface area (Å²) in [5.41, 5.74) is -0.182. The Morgan fingerprint density at radius 3 is 2.32 bits per heavy atom. The number of ether oxygens (including phenoxy) is 4. The lowest BCUT2D eigenvalue weighted by Crippen LogP contribution is -2.32. The smallest absolute Gasteiger partial charge is 0.273 e. The summed E-state index contributed by atoms with van der Waals surface area (Å²) in [6.07, 6.45) is 1.57. The van der Waals surface area contributed by atoms with Gasteiger partial charge in [0.05, 0.1) is 43.8 Å². The largest absolute Gasteiger partial charge is 0.496 e. The number of nitriles is 1. The number of methoxy groups -OCH3 is 3. The number of amides is 1. The Balaban J connectivity index is 2.05. The molecule has 0 radical (unpaired) electrons. The first-order valence-corrected chi connectivity index (χ1v) is 13.1. The summed E-state index contributed by atoms with van der Waals surface area (Å²) in [4.78, 5) is 27.2. The summed E-state index contributed by atoms with van der Waals surface area (Å²) in [5, 5.41) is 12.5. The molecule has 0 atom stereocenters. The molecule has 0 bridgehead atoms. The number of carbonyl (C=O) groups is 1. The Morgan fingerprint density at radius 2 is 1.66 bits per heavy atom. The lowest BCUT2D eigenvalue weighted by Gasteiger charge is -2.12. The fourth-order valence-corrected chi connectivity index (χ4v) is 5.12. The van der Waals surface area contributed by atoms with Gasteiger partial charge in [-0.15, -0.1) is 11.3 Å². The standard InChI is InChI=1S/C30H26FN3O6S/c1-5-40-23-13-9-8-12-22(23)34-29(36)27(15-18-14-25(38-3)26(39-4)16-24(18)37-2)41-30(34)19(17-32)28(35)33-21-11-7-6-10-20(21)31/h6-16H,5H2,1-4H3,(H,33,35)/b27-15-,30-19-. The van der Waals surface area contributed by atoms with E-state index in [1.807, 2.05) is 6.07 Å². The van der Waals surface area contributed by atoms with Crippen LogP contribution in [-0.2, 0) is 4.79 Å². The van der Waals surface area contributed by atoms with Gasteiger partial charge in [-0.05, 0) is 43.3 Å². The van der Waals surface area contributed by atoms with Crippen LogP contribution in [0.3, 0.4) is 0 Å². The topological polar surface area (TPSA) is 112 Å². The number of halogens is 1. The molecule has 0 saturated heterocycles. The van der Waals surface area contributed by atoms with Crippen molar-refractivity contribution in [2.45, 2.75) is 6.92 Å². The van der Waals surface area contributed by atoms with E-state index in [4.69, 9.17) is 18.9 Å². The molecule has 9 nitrogen and oxygen atoms in total. The van der Waals surface area contributed by atoms with Crippen LogP contribution in [0.4, 0.5) is 10.1 Å². The monoisotopic (exact) mass is 575 g/mol. The Kier molecular flexibility index (Phi) is 9.06. The highest BCUT2D eigenvalue weighted by Crippen LogP contribution is 2.35. The van der Waals surface area contributed by atoms with Crippen LogP contribution in [0.15, 0.2) is 65.5 Å². The number of nitrogens with zero attached hydrogens (tertiary/aromatic N) is 2. The van der Waals surface area contributed by atoms with E-state index in [1.165, 1.54) is 44.1 Å². The Hall–Kier alpha value is -5.08.